The second kappa shape index (κ2) is 10.7. The molecule has 2 aromatic carbocycles. The largest absolute Gasteiger partial charge is 0.465 e. The fourth-order valence-electron chi connectivity index (χ4n) is 3.59. The molecule has 0 radical (unpaired) electrons. The van der Waals surface area contributed by atoms with Crippen molar-refractivity contribution in [2.24, 2.45) is 0 Å². The van der Waals surface area contributed by atoms with Crippen LogP contribution < -0.4 is 0 Å². The zero-order valence-electron chi connectivity index (χ0n) is 19.0. The SMILES string of the molecule is CCCCN(C)Cc1cccc(-c2nn(-c3ccccc3)c(C(=O)OC)c2C(=O)OC)c1. The summed E-state index contributed by atoms with van der Waals surface area (Å²) in [5.41, 5.74) is 2.95. The lowest BCUT2D eigenvalue weighted by Crippen LogP contribution is -2.18. The van der Waals surface area contributed by atoms with Gasteiger partial charge in [0.2, 0.25) is 0 Å². The average molecular weight is 436 g/mol. The number of benzene rings is 2. The molecule has 0 aliphatic heterocycles. The zero-order chi connectivity index (χ0) is 23.1. The van der Waals surface area contributed by atoms with E-state index < -0.39 is 11.9 Å². The Balaban J connectivity index is 2.14. The Morgan fingerprint density at radius 1 is 1.00 bits per heavy atom. The van der Waals surface area contributed by atoms with Gasteiger partial charge in [-0.1, -0.05) is 49.7 Å². The molecule has 3 aromatic rings. The van der Waals surface area contributed by atoms with Crippen molar-refractivity contribution >= 4 is 11.9 Å². The summed E-state index contributed by atoms with van der Waals surface area (Å²) in [5, 5.41) is 4.66. The number of unbranched alkanes of at least 4 members (excludes halogenated alkanes) is 1. The number of para-hydroxylation sites is 1. The number of hydrogen-bond acceptors (Lipinski definition) is 6. The van der Waals surface area contributed by atoms with Gasteiger partial charge in [-0.15, -0.1) is 0 Å². The number of methoxy groups -OCH3 is 2. The van der Waals surface area contributed by atoms with Crippen molar-refractivity contribution in [2.75, 3.05) is 27.8 Å². The van der Waals surface area contributed by atoms with Gasteiger partial charge in [0.05, 0.1) is 19.9 Å². The molecule has 0 unspecified atom stereocenters. The molecule has 0 spiro atoms. The first-order valence-corrected chi connectivity index (χ1v) is 10.6. The van der Waals surface area contributed by atoms with Gasteiger partial charge in [-0.25, -0.2) is 14.3 Å². The van der Waals surface area contributed by atoms with E-state index in [2.05, 4.69) is 24.0 Å². The second-order valence-corrected chi connectivity index (χ2v) is 7.59. The zero-order valence-corrected chi connectivity index (χ0v) is 19.0. The second-order valence-electron chi connectivity index (χ2n) is 7.59. The van der Waals surface area contributed by atoms with E-state index in [9.17, 15) is 9.59 Å². The molecule has 7 nitrogen and oxygen atoms in total. The van der Waals surface area contributed by atoms with Crippen LogP contribution in [0.2, 0.25) is 0 Å². The molecule has 0 saturated carbocycles. The van der Waals surface area contributed by atoms with Crippen LogP contribution in [-0.4, -0.2) is 54.4 Å². The van der Waals surface area contributed by atoms with Gasteiger partial charge in [-0.3, -0.25) is 0 Å². The Kier molecular flexibility index (Phi) is 7.78. The highest BCUT2D eigenvalue weighted by Gasteiger charge is 2.31. The van der Waals surface area contributed by atoms with Gasteiger partial charge >= 0.3 is 11.9 Å². The van der Waals surface area contributed by atoms with E-state index in [-0.39, 0.29) is 11.3 Å². The molecule has 168 valence electrons. The van der Waals surface area contributed by atoms with E-state index in [4.69, 9.17) is 9.47 Å². The topological polar surface area (TPSA) is 73.7 Å². The predicted molar refractivity (Wildman–Crippen MR) is 123 cm³/mol. The molecule has 0 amide bonds. The molecule has 1 aromatic heterocycles. The fourth-order valence-corrected chi connectivity index (χ4v) is 3.59. The Labute approximate surface area is 188 Å². The molecule has 1 heterocycles. The predicted octanol–water partition coefficient (Wildman–Crippen LogP) is 4.34. The summed E-state index contributed by atoms with van der Waals surface area (Å²) in [6.07, 6.45) is 2.27. The monoisotopic (exact) mass is 435 g/mol. The van der Waals surface area contributed by atoms with Crippen LogP contribution in [0.3, 0.4) is 0 Å². The van der Waals surface area contributed by atoms with Crippen molar-refractivity contribution in [3.8, 4) is 16.9 Å². The number of hydrogen-bond donors (Lipinski definition) is 0. The summed E-state index contributed by atoms with van der Waals surface area (Å²) in [5.74, 6) is -1.31. The molecule has 0 saturated heterocycles. The van der Waals surface area contributed by atoms with E-state index >= 15 is 0 Å². The van der Waals surface area contributed by atoms with E-state index in [0.717, 1.165) is 37.1 Å². The fraction of sp³-hybridized carbons (Fsp3) is 0.320. The van der Waals surface area contributed by atoms with E-state index in [0.29, 0.717) is 11.4 Å². The molecule has 7 heteroatoms. The summed E-state index contributed by atoms with van der Waals surface area (Å²) in [4.78, 5) is 27.7. The van der Waals surface area contributed by atoms with Crippen LogP contribution >= 0.6 is 0 Å². The van der Waals surface area contributed by atoms with Gasteiger partial charge in [-0.2, -0.15) is 5.10 Å². The number of carbonyl (C=O) groups excluding carboxylic acids is 2. The number of ether oxygens (including phenoxy) is 2. The summed E-state index contributed by atoms with van der Waals surface area (Å²) in [6.45, 7) is 3.94. The Bertz CT molecular complexity index is 1080. The standard InChI is InChI=1S/C25H29N3O4/c1-5-6-15-27(2)17-18-11-10-12-19(16-18)22-21(24(29)31-3)23(25(30)32-4)28(26-22)20-13-8-7-9-14-20/h7-14,16H,5-6,15,17H2,1-4H3. The summed E-state index contributed by atoms with van der Waals surface area (Å²) in [7, 11) is 4.64. The number of rotatable bonds is 9. The van der Waals surface area contributed by atoms with Crippen LogP contribution in [0.1, 0.15) is 46.2 Å². The molecule has 0 fully saturated rings. The highest BCUT2D eigenvalue weighted by Crippen LogP contribution is 2.30. The number of aromatic nitrogens is 2. The smallest absolute Gasteiger partial charge is 0.357 e. The number of esters is 2. The highest BCUT2D eigenvalue weighted by atomic mass is 16.5. The molecule has 0 bridgehead atoms. The first kappa shape index (κ1) is 23.2. The molecular formula is C25H29N3O4. The maximum Gasteiger partial charge on any atom is 0.357 e. The lowest BCUT2D eigenvalue weighted by molar-refractivity contribution is 0.0549. The van der Waals surface area contributed by atoms with Crippen LogP contribution in [-0.2, 0) is 16.0 Å². The van der Waals surface area contributed by atoms with E-state index in [1.165, 1.54) is 18.9 Å². The van der Waals surface area contributed by atoms with Crippen molar-refractivity contribution < 1.29 is 19.1 Å². The third kappa shape index (κ3) is 5.06. The molecule has 3 rings (SSSR count). The summed E-state index contributed by atoms with van der Waals surface area (Å²) in [6, 6.07) is 17.0. The van der Waals surface area contributed by atoms with Gasteiger partial charge in [-0.05, 0) is 43.8 Å². The molecule has 0 N–H and O–H groups in total. The Morgan fingerprint density at radius 2 is 1.72 bits per heavy atom. The maximum atomic E-state index is 12.8. The van der Waals surface area contributed by atoms with Crippen LogP contribution in [0.25, 0.3) is 16.9 Å². The lowest BCUT2D eigenvalue weighted by Gasteiger charge is -2.16. The van der Waals surface area contributed by atoms with E-state index in [1.807, 2.05) is 54.6 Å². The van der Waals surface area contributed by atoms with Gasteiger partial charge < -0.3 is 14.4 Å². The van der Waals surface area contributed by atoms with Crippen LogP contribution in [0, 0.1) is 0 Å². The molecule has 0 aliphatic carbocycles. The van der Waals surface area contributed by atoms with Gasteiger partial charge in [0.25, 0.3) is 0 Å². The Hall–Kier alpha value is -3.45. The first-order chi connectivity index (χ1) is 15.5. The molecule has 0 atom stereocenters. The quantitative estimate of drug-likeness (QED) is 0.466. The maximum absolute atomic E-state index is 12.8. The van der Waals surface area contributed by atoms with Gasteiger partial charge in [0.1, 0.15) is 11.3 Å². The Morgan fingerprint density at radius 3 is 2.38 bits per heavy atom. The minimum absolute atomic E-state index is 0.0333. The third-order valence-electron chi connectivity index (χ3n) is 5.20. The van der Waals surface area contributed by atoms with Crippen molar-refractivity contribution in [2.45, 2.75) is 26.3 Å². The normalized spacial score (nSPS) is 10.9. The van der Waals surface area contributed by atoms with Crippen molar-refractivity contribution in [3.05, 3.63) is 71.4 Å². The minimum atomic E-state index is -0.663. The van der Waals surface area contributed by atoms with Crippen molar-refractivity contribution in [1.82, 2.24) is 14.7 Å². The average Bonchev–Trinajstić information content (AvgIpc) is 3.23. The van der Waals surface area contributed by atoms with Crippen molar-refractivity contribution in [1.29, 1.82) is 0 Å². The number of nitrogens with zero attached hydrogens (tertiary/aromatic N) is 3. The van der Waals surface area contributed by atoms with Gasteiger partial charge in [0, 0.05) is 12.1 Å². The molecular weight excluding hydrogens is 406 g/mol. The molecule has 32 heavy (non-hydrogen) atoms. The first-order valence-electron chi connectivity index (χ1n) is 10.6. The number of carbonyl (C=O) groups is 2. The van der Waals surface area contributed by atoms with Crippen molar-refractivity contribution in [3.63, 3.8) is 0 Å². The highest BCUT2D eigenvalue weighted by molar-refractivity contribution is 6.06. The summed E-state index contributed by atoms with van der Waals surface area (Å²) < 4.78 is 11.4. The van der Waals surface area contributed by atoms with Gasteiger partial charge in [0.15, 0.2) is 5.69 Å². The van der Waals surface area contributed by atoms with Crippen LogP contribution in [0.15, 0.2) is 54.6 Å². The lowest BCUT2D eigenvalue weighted by atomic mass is 10.0. The van der Waals surface area contributed by atoms with Crippen LogP contribution in [0.5, 0.6) is 0 Å². The van der Waals surface area contributed by atoms with E-state index in [1.54, 1.807) is 0 Å². The summed E-state index contributed by atoms with van der Waals surface area (Å²) >= 11 is 0. The van der Waals surface area contributed by atoms with Crippen LogP contribution in [0.4, 0.5) is 0 Å². The molecule has 0 aliphatic rings. The minimum Gasteiger partial charge on any atom is -0.465 e. The third-order valence-corrected chi connectivity index (χ3v) is 5.20.